The Morgan fingerprint density at radius 1 is 1.17 bits per heavy atom. The smallest absolute Gasteiger partial charge is 0.212 e. The van der Waals surface area contributed by atoms with Gasteiger partial charge in [-0.1, -0.05) is 25.6 Å². The van der Waals surface area contributed by atoms with Crippen molar-refractivity contribution in [2.24, 2.45) is 0 Å². The Bertz CT molecular complexity index is 534. The lowest BCUT2D eigenvalue weighted by Gasteiger charge is -2.34. The van der Waals surface area contributed by atoms with Crippen LogP contribution >= 0.6 is 23.5 Å². The average Bonchev–Trinajstić information content (AvgIpc) is 2.55. The van der Waals surface area contributed by atoms with Crippen LogP contribution in [0.25, 0.3) is 0 Å². The predicted octanol–water partition coefficient (Wildman–Crippen LogP) is 3.88. The molecular formula is C18H27NO3S2. The van der Waals surface area contributed by atoms with E-state index in [1.807, 2.05) is 43.1 Å². The number of carbonyl (C=O) groups is 2. The first-order chi connectivity index (χ1) is 11.4. The summed E-state index contributed by atoms with van der Waals surface area (Å²) >= 11 is 3.00. The number of nitrogens with zero attached hydrogens (tertiary/aromatic N) is 1. The van der Waals surface area contributed by atoms with Gasteiger partial charge in [-0.15, -0.1) is 0 Å². The fourth-order valence-electron chi connectivity index (χ4n) is 2.52. The average molecular weight is 370 g/mol. The zero-order valence-corrected chi connectivity index (χ0v) is 16.7. The molecule has 0 N–H and O–H groups in total. The van der Waals surface area contributed by atoms with Crippen LogP contribution in [-0.2, 0) is 9.59 Å². The van der Waals surface area contributed by atoms with Crippen molar-refractivity contribution in [3.8, 4) is 5.75 Å². The molecule has 6 heteroatoms. The fourth-order valence-corrected chi connectivity index (χ4v) is 4.66. The summed E-state index contributed by atoms with van der Waals surface area (Å²) in [6.45, 7) is 5.62. The van der Waals surface area contributed by atoms with Crippen LogP contribution < -0.4 is 9.64 Å². The third-order valence-corrected chi connectivity index (χ3v) is 5.65. The molecule has 0 aliphatic rings. The van der Waals surface area contributed by atoms with Gasteiger partial charge in [-0.05, 0) is 42.7 Å². The van der Waals surface area contributed by atoms with Gasteiger partial charge in [0, 0.05) is 24.4 Å². The van der Waals surface area contributed by atoms with Crippen molar-refractivity contribution < 1.29 is 14.3 Å². The Morgan fingerprint density at radius 2 is 1.79 bits per heavy atom. The van der Waals surface area contributed by atoms with E-state index in [9.17, 15) is 9.59 Å². The zero-order valence-electron chi connectivity index (χ0n) is 15.1. The van der Waals surface area contributed by atoms with E-state index in [-0.39, 0.29) is 22.2 Å². The summed E-state index contributed by atoms with van der Waals surface area (Å²) in [5.74, 6) is 2.49. The van der Waals surface area contributed by atoms with Gasteiger partial charge in [0.1, 0.15) is 17.6 Å². The molecule has 0 bridgehead atoms. The maximum Gasteiger partial charge on any atom is 0.212 e. The van der Waals surface area contributed by atoms with E-state index >= 15 is 0 Å². The van der Waals surface area contributed by atoms with Crippen LogP contribution in [-0.4, -0.2) is 47.9 Å². The highest BCUT2D eigenvalue weighted by Crippen LogP contribution is 2.30. The minimum absolute atomic E-state index is 0.0499. The van der Waals surface area contributed by atoms with Gasteiger partial charge < -0.3 is 9.64 Å². The number of rotatable bonds is 10. The molecule has 0 heterocycles. The molecule has 0 saturated heterocycles. The van der Waals surface area contributed by atoms with E-state index in [0.29, 0.717) is 6.42 Å². The van der Waals surface area contributed by atoms with Gasteiger partial charge in [0.15, 0.2) is 0 Å². The highest BCUT2D eigenvalue weighted by molar-refractivity contribution is 8.13. The lowest BCUT2D eigenvalue weighted by atomic mass is 10.1. The number of benzene rings is 1. The molecule has 0 amide bonds. The third kappa shape index (κ3) is 6.06. The second-order valence-electron chi connectivity index (χ2n) is 5.41. The van der Waals surface area contributed by atoms with Crippen LogP contribution in [0.3, 0.4) is 0 Å². The standard InChI is InChI=1S/C18H27NO3S2/c1-6-23-16(12-13(3)20)17(18(21)24-7-2)19(4)14-8-10-15(22-5)11-9-14/h8-11,16-17H,6-7,12H2,1-5H3. The molecule has 134 valence electrons. The highest BCUT2D eigenvalue weighted by Gasteiger charge is 2.33. The van der Waals surface area contributed by atoms with Gasteiger partial charge in [0.2, 0.25) is 5.12 Å². The van der Waals surface area contributed by atoms with E-state index in [0.717, 1.165) is 22.9 Å². The van der Waals surface area contributed by atoms with Crippen LogP contribution in [0.15, 0.2) is 24.3 Å². The molecule has 0 saturated carbocycles. The highest BCUT2D eigenvalue weighted by atomic mass is 32.2. The number of Topliss-reactive ketones (excluding diaryl/α,β-unsaturated/α-hetero) is 1. The molecule has 2 unspecified atom stereocenters. The number of hydrogen-bond acceptors (Lipinski definition) is 6. The van der Waals surface area contributed by atoms with Crippen molar-refractivity contribution in [1.29, 1.82) is 0 Å². The number of thioether (sulfide) groups is 2. The molecule has 0 fully saturated rings. The quantitative estimate of drug-likeness (QED) is 0.624. The summed E-state index contributed by atoms with van der Waals surface area (Å²) in [7, 11) is 3.55. The van der Waals surface area contributed by atoms with Gasteiger partial charge in [-0.2, -0.15) is 11.8 Å². The Hall–Kier alpha value is -1.14. The number of ketones is 1. The van der Waals surface area contributed by atoms with Crippen LogP contribution in [0.1, 0.15) is 27.2 Å². The summed E-state index contributed by atoms with van der Waals surface area (Å²) in [4.78, 5) is 26.4. The molecule has 1 rings (SSSR count). The monoisotopic (exact) mass is 369 g/mol. The minimum Gasteiger partial charge on any atom is -0.497 e. The summed E-state index contributed by atoms with van der Waals surface area (Å²) < 4.78 is 5.20. The fraction of sp³-hybridized carbons (Fsp3) is 0.556. The second-order valence-corrected chi connectivity index (χ2v) is 8.19. The zero-order chi connectivity index (χ0) is 18.1. The van der Waals surface area contributed by atoms with E-state index in [2.05, 4.69) is 6.92 Å². The number of hydrogen-bond donors (Lipinski definition) is 0. The molecule has 0 aliphatic carbocycles. The van der Waals surface area contributed by atoms with Crippen LogP contribution in [0.4, 0.5) is 5.69 Å². The first-order valence-corrected chi connectivity index (χ1v) is 10.1. The lowest BCUT2D eigenvalue weighted by molar-refractivity contribution is -0.117. The molecule has 1 aromatic carbocycles. The molecule has 1 aromatic rings. The molecular weight excluding hydrogens is 342 g/mol. The van der Waals surface area contributed by atoms with Crippen molar-refractivity contribution in [1.82, 2.24) is 0 Å². The van der Waals surface area contributed by atoms with Crippen molar-refractivity contribution in [3.05, 3.63) is 24.3 Å². The van der Waals surface area contributed by atoms with E-state index in [1.54, 1.807) is 25.8 Å². The van der Waals surface area contributed by atoms with Crippen molar-refractivity contribution in [3.63, 3.8) is 0 Å². The number of ether oxygens (including phenoxy) is 1. The SMILES string of the molecule is CCSC(=O)C(C(CC(C)=O)SCC)N(C)c1ccc(OC)cc1. The van der Waals surface area contributed by atoms with Gasteiger partial charge in [0.05, 0.1) is 7.11 Å². The Morgan fingerprint density at radius 3 is 2.25 bits per heavy atom. The molecule has 4 nitrogen and oxygen atoms in total. The maximum atomic E-state index is 12.8. The Balaban J connectivity index is 3.12. The first kappa shape index (κ1) is 20.9. The number of likely N-dealkylation sites (N-methyl/N-ethyl adjacent to an activating group) is 1. The molecule has 0 aromatic heterocycles. The molecule has 24 heavy (non-hydrogen) atoms. The van der Waals surface area contributed by atoms with Gasteiger partial charge in [0.25, 0.3) is 0 Å². The number of carbonyl (C=O) groups excluding carboxylic acids is 2. The largest absolute Gasteiger partial charge is 0.497 e. The third-order valence-electron chi connectivity index (χ3n) is 3.65. The van der Waals surface area contributed by atoms with Crippen molar-refractivity contribution >= 4 is 40.1 Å². The van der Waals surface area contributed by atoms with E-state index < -0.39 is 0 Å². The summed E-state index contributed by atoms with van der Waals surface area (Å²) in [5.41, 5.74) is 0.941. The Labute approximate surface area is 153 Å². The predicted molar refractivity (Wildman–Crippen MR) is 106 cm³/mol. The van der Waals surface area contributed by atoms with Gasteiger partial charge in [-0.3, -0.25) is 9.59 Å². The van der Waals surface area contributed by atoms with Crippen molar-refractivity contribution in [2.45, 2.75) is 38.5 Å². The molecule has 0 radical (unpaired) electrons. The summed E-state index contributed by atoms with van der Waals surface area (Å²) in [6.07, 6.45) is 0.402. The van der Waals surface area contributed by atoms with Gasteiger partial charge in [-0.25, -0.2) is 0 Å². The van der Waals surface area contributed by atoms with E-state index in [1.165, 1.54) is 11.8 Å². The lowest BCUT2D eigenvalue weighted by Crippen LogP contribution is -2.46. The number of anilines is 1. The first-order valence-electron chi connectivity index (χ1n) is 8.09. The van der Waals surface area contributed by atoms with Gasteiger partial charge >= 0.3 is 0 Å². The summed E-state index contributed by atoms with van der Waals surface area (Å²) in [5, 5.41) is 0.0640. The maximum absolute atomic E-state index is 12.8. The normalized spacial score (nSPS) is 13.2. The van der Waals surface area contributed by atoms with Crippen LogP contribution in [0.2, 0.25) is 0 Å². The minimum atomic E-state index is -0.336. The molecule has 0 aliphatic heterocycles. The molecule has 0 spiro atoms. The van der Waals surface area contributed by atoms with Crippen LogP contribution in [0.5, 0.6) is 5.75 Å². The van der Waals surface area contributed by atoms with Crippen LogP contribution in [0, 0.1) is 0 Å². The van der Waals surface area contributed by atoms with E-state index in [4.69, 9.17) is 4.74 Å². The topological polar surface area (TPSA) is 46.6 Å². The second kappa shape index (κ2) is 10.7. The summed E-state index contributed by atoms with van der Waals surface area (Å²) in [6, 6.07) is 7.31. The number of methoxy groups -OCH3 is 1. The molecule has 2 atom stereocenters. The Kier molecular flexibility index (Phi) is 9.29. The van der Waals surface area contributed by atoms with Crippen molar-refractivity contribution in [2.75, 3.05) is 30.6 Å².